The Bertz CT molecular complexity index is 966. The van der Waals surface area contributed by atoms with Gasteiger partial charge in [0.05, 0.1) is 7.11 Å². The van der Waals surface area contributed by atoms with E-state index >= 15 is 0 Å². The van der Waals surface area contributed by atoms with Crippen LogP contribution in [-0.2, 0) is 15.4 Å². The summed E-state index contributed by atoms with van der Waals surface area (Å²) in [4.78, 5) is 12.8. The summed E-state index contributed by atoms with van der Waals surface area (Å²) >= 11 is 0. The highest BCUT2D eigenvalue weighted by Gasteiger charge is 2.36. The fourth-order valence-electron chi connectivity index (χ4n) is 3.98. The van der Waals surface area contributed by atoms with Crippen LogP contribution >= 0.6 is 0 Å². The van der Waals surface area contributed by atoms with Gasteiger partial charge in [-0.3, -0.25) is 4.79 Å². The third-order valence-electron chi connectivity index (χ3n) is 5.72. The van der Waals surface area contributed by atoms with Crippen LogP contribution in [0.25, 0.3) is 0 Å². The lowest BCUT2D eigenvalue weighted by molar-refractivity contribution is 0.0943. The first-order valence-electron chi connectivity index (χ1n) is 9.74. The Labute approximate surface area is 172 Å². The predicted octanol–water partition coefficient (Wildman–Crippen LogP) is 3.19. The number of carbonyl (C=O) groups excluding carboxylic acids is 1. The van der Waals surface area contributed by atoms with E-state index in [-0.39, 0.29) is 22.0 Å². The molecule has 0 aromatic heterocycles. The fourth-order valence-corrected chi connectivity index (χ4v) is 5.05. The lowest BCUT2D eigenvalue weighted by Crippen LogP contribution is -2.39. The topological polar surface area (TPSA) is 75.7 Å². The van der Waals surface area contributed by atoms with E-state index in [1.165, 1.54) is 38.9 Å². The number of benzene rings is 2. The van der Waals surface area contributed by atoms with Gasteiger partial charge in [0, 0.05) is 31.6 Å². The molecular formula is C22H28N2O4S. The zero-order valence-corrected chi connectivity index (χ0v) is 18.0. The Morgan fingerprint density at radius 1 is 1.10 bits per heavy atom. The summed E-state index contributed by atoms with van der Waals surface area (Å²) in [5.74, 6) is -0.0723. The van der Waals surface area contributed by atoms with Gasteiger partial charge in [0.15, 0.2) is 0 Å². The van der Waals surface area contributed by atoms with E-state index in [9.17, 15) is 13.2 Å². The molecule has 0 spiro atoms. The molecule has 0 aliphatic heterocycles. The first-order chi connectivity index (χ1) is 13.8. The molecule has 0 saturated heterocycles. The number of sulfonamides is 1. The molecule has 1 fully saturated rings. The van der Waals surface area contributed by atoms with Crippen LogP contribution in [0.4, 0.5) is 0 Å². The van der Waals surface area contributed by atoms with Crippen LogP contribution in [0.1, 0.15) is 41.6 Å². The molecule has 0 atom stereocenters. The van der Waals surface area contributed by atoms with E-state index in [0.717, 1.165) is 30.0 Å². The molecule has 0 bridgehead atoms. The van der Waals surface area contributed by atoms with E-state index < -0.39 is 10.0 Å². The average molecular weight is 417 g/mol. The van der Waals surface area contributed by atoms with Crippen molar-refractivity contribution in [2.75, 3.05) is 27.7 Å². The lowest BCUT2D eigenvalue weighted by atomic mass is 9.79. The van der Waals surface area contributed by atoms with Crippen LogP contribution in [-0.4, -0.2) is 46.4 Å². The molecule has 1 amide bonds. The Kier molecular flexibility index (Phi) is 6.29. The number of nitrogens with zero attached hydrogens (tertiary/aromatic N) is 1. The molecule has 156 valence electrons. The Morgan fingerprint density at radius 3 is 2.34 bits per heavy atom. The molecule has 6 nitrogen and oxygen atoms in total. The van der Waals surface area contributed by atoms with Gasteiger partial charge in [0.25, 0.3) is 5.91 Å². The van der Waals surface area contributed by atoms with Crippen molar-refractivity contribution in [2.24, 2.45) is 0 Å². The highest BCUT2D eigenvalue weighted by molar-refractivity contribution is 7.89. The van der Waals surface area contributed by atoms with Crippen molar-refractivity contribution in [3.8, 4) is 5.75 Å². The van der Waals surface area contributed by atoms with Crippen molar-refractivity contribution in [3.05, 3.63) is 59.7 Å². The molecule has 1 saturated carbocycles. The van der Waals surface area contributed by atoms with Crippen LogP contribution in [0, 0.1) is 0 Å². The van der Waals surface area contributed by atoms with Crippen molar-refractivity contribution < 1.29 is 17.9 Å². The molecule has 1 aliphatic rings. The maximum Gasteiger partial charge on any atom is 0.251 e. The van der Waals surface area contributed by atoms with Crippen molar-refractivity contribution in [3.63, 3.8) is 0 Å². The summed E-state index contributed by atoms with van der Waals surface area (Å²) < 4.78 is 31.5. The summed E-state index contributed by atoms with van der Waals surface area (Å²) in [6, 6.07) is 14.8. The second-order valence-electron chi connectivity index (χ2n) is 7.69. The van der Waals surface area contributed by atoms with E-state index in [4.69, 9.17) is 4.74 Å². The van der Waals surface area contributed by atoms with Gasteiger partial charge in [0.2, 0.25) is 10.0 Å². The van der Waals surface area contributed by atoms with Gasteiger partial charge >= 0.3 is 0 Å². The highest BCUT2D eigenvalue weighted by atomic mass is 32.2. The minimum absolute atomic E-state index is 0.0173. The Balaban J connectivity index is 1.84. The van der Waals surface area contributed by atoms with Crippen LogP contribution in [0.15, 0.2) is 53.4 Å². The zero-order valence-electron chi connectivity index (χ0n) is 17.1. The third kappa shape index (κ3) is 4.31. The van der Waals surface area contributed by atoms with Crippen LogP contribution in [0.5, 0.6) is 5.75 Å². The van der Waals surface area contributed by atoms with Crippen molar-refractivity contribution in [1.82, 2.24) is 9.62 Å². The van der Waals surface area contributed by atoms with Gasteiger partial charge in [-0.15, -0.1) is 0 Å². The smallest absolute Gasteiger partial charge is 0.251 e. The van der Waals surface area contributed by atoms with E-state index in [0.29, 0.717) is 12.1 Å². The minimum Gasteiger partial charge on any atom is -0.495 e. The molecular weight excluding hydrogens is 388 g/mol. The molecule has 3 rings (SSSR count). The Morgan fingerprint density at radius 2 is 1.76 bits per heavy atom. The van der Waals surface area contributed by atoms with Crippen molar-refractivity contribution in [2.45, 2.75) is 36.0 Å². The number of ether oxygens (including phenoxy) is 1. The number of nitrogens with one attached hydrogen (secondary N) is 1. The molecule has 0 radical (unpaired) electrons. The summed E-state index contributed by atoms with van der Waals surface area (Å²) in [6.45, 7) is 0.525. The number of methoxy groups -OCH3 is 1. The summed E-state index contributed by atoms with van der Waals surface area (Å²) in [5, 5.41) is 3.04. The number of rotatable bonds is 7. The molecule has 0 heterocycles. The maximum atomic E-state index is 12.9. The highest BCUT2D eigenvalue weighted by Crippen LogP contribution is 2.40. The Hall–Kier alpha value is -2.38. The summed E-state index contributed by atoms with van der Waals surface area (Å²) in [5.41, 5.74) is 1.47. The van der Waals surface area contributed by atoms with Gasteiger partial charge in [-0.05, 0) is 36.6 Å². The molecule has 0 unspecified atom stereocenters. The largest absolute Gasteiger partial charge is 0.495 e. The summed E-state index contributed by atoms with van der Waals surface area (Å²) in [6.07, 6.45) is 4.33. The molecule has 29 heavy (non-hydrogen) atoms. The summed E-state index contributed by atoms with van der Waals surface area (Å²) in [7, 11) is 0.576. The minimum atomic E-state index is -3.73. The normalized spacial score (nSPS) is 16.0. The monoisotopic (exact) mass is 416 g/mol. The molecule has 2 aromatic rings. The van der Waals surface area contributed by atoms with E-state index in [1.54, 1.807) is 6.07 Å². The number of carbonyl (C=O) groups is 1. The molecule has 1 aliphatic carbocycles. The standard InChI is InChI=1S/C22H28N2O4S/c1-24(2)29(26,27)20-15-17(11-12-19(20)28-3)21(25)23-16-22(13-7-8-14-22)18-9-5-4-6-10-18/h4-6,9-12,15H,7-8,13-14,16H2,1-3H3,(H,23,25). The van der Waals surface area contributed by atoms with Gasteiger partial charge in [0.1, 0.15) is 10.6 Å². The first-order valence-corrected chi connectivity index (χ1v) is 11.2. The van der Waals surface area contributed by atoms with Gasteiger partial charge in [-0.2, -0.15) is 0 Å². The van der Waals surface area contributed by atoms with Crippen LogP contribution in [0.2, 0.25) is 0 Å². The molecule has 2 aromatic carbocycles. The van der Waals surface area contributed by atoms with Gasteiger partial charge in [-0.1, -0.05) is 43.2 Å². The third-order valence-corrected chi connectivity index (χ3v) is 7.55. The van der Waals surface area contributed by atoms with Crippen LogP contribution < -0.4 is 10.1 Å². The lowest BCUT2D eigenvalue weighted by Gasteiger charge is -2.30. The van der Waals surface area contributed by atoms with E-state index in [1.807, 2.05) is 18.2 Å². The fraction of sp³-hybridized carbons (Fsp3) is 0.409. The quantitative estimate of drug-likeness (QED) is 0.752. The number of amides is 1. The van der Waals surface area contributed by atoms with Crippen molar-refractivity contribution in [1.29, 1.82) is 0 Å². The van der Waals surface area contributed by atoms with Crippen molar-refractivity contribution >= 4 is 15.9 Å². The molecule has 7 heteroatoms. The zero-order chi connectivity index (χ0) is 21.1. The number of hydrogen-bond acceptors (Lipinski definition) is 4. The van der Waals surface area contributed by atoms with Crippen LogP contribution in [0.3, 0.4) is 0 Å². The van der Waals surface area contributed by atoms with Gasteiger partial charge in [-0.25, -0.2) is 12.7 Å². The van der Waals surface area contributed by atoms with E-state index in [2.05, 4.69) is 17.4 Å². The SMILES string of the molecule is COc1ccc(C(=O)NCC2(c3ccccc3)CCCC2)cc1S(=O)(=O)N(C)C. The van der Waals surface area contributed by atoms with Gasteiger partial charge < -0.3 is 10.1 Å². The maximum absolute atomic E-state index is 12.9. The second-order valence-corrected chi connectivity index (χ2v) is 9.81. The predicted molar refractivity (Wildman–Crippen MR) is 113 cm³/mol. The first kappa shape index (κ1) is 21.3. The second kappa shape index (κ2) is 8.55. The average Bonchev–Trinajstić information content (AvgIpc) is 3.22. The number of hydrogen-bond donors (Lipinski definition) is 1. The molecule has 1 N–H and O–H groups in total.